The minimum Gasteiger partial charge on any atom is -0.391 e. The van der Waals surface area contributed by atoms with Crippen LogP contribution in [0, 0.1) is 11.8 Å². The number of allylic oxidation sites excluding steroid dienone is 2. The van der Waals surface area contributed by atoms with Gasteiger partial charge < -0.3 is 10.0 Å². The third kappa shape index (κ3) is 6.71. The van der Waals surface area contributed by atoms with Crippen molar-refractivity contribution in [3.8, 4) is 11.8 Å². The van der Waals surface area contributed by atoms with Crippen LogP contribution >= 0.6 is 0 Å². The SMILES string of the molecule is C/C=C(/C#CCC(O)CN(C)C)CC. The summed E-state index contributed by atoms with van der Waals surface area (Å²) in [5.41, 5.74) is 1.14. The maximum atomic E-state index is 9.51. The van der Waals surface area contributed by atoms with E-state index < -0.39 is 0 Å². The Balaban J connectivity index is 3.91. The molecule has 14 heavy (non-hydrogen) atoms. The summed E-state index contributed by atoms with van der Waals surface area (Å²) in [6, 6.07) is 0. The Kier molecular flexibility index (Phi) is 7.18. The van der Waals surface area contributed by atoms with Crippen molar-refractivity contribution in [2.24, 2.45) is 0 Å². The predicted molar refractivity (Wildman–Crippen MR) is 61.0 cm³/mol. The molecule has 0 radical (unpaired) electrons. The maximum Gasteiger partial charge on any atom is 0.0776 e. The summed E-state index contributed by atoms with van der Waals surface area (Å²) in [4.78, 5) is 1.96. The lowest BCUT2D eigenvalue weighted by atomic mass is 10.2. The van der Waals surface area contributed by atoms with Crippen molar-refractivity contribution in [1.29, 1.82) is 0 Å². The minimum atomic E-state index is -0.340. The Bertz CT molecular complexity index is 232. The molecule has 0 fully saturated rings. The van der Waals surface area contributed by atoms with Crippen molar-refractivity contribution in [2.75, 3.05) is 20.6 Å². The monoisotopic (exact) mass is 195 g/mol. The molecule has 80 valence electrons. The zero-order valence-electron chi connectivity index (χ0n) is 9.67. The quantitative estimate of drug-likeness (QED) is 0.690. The van der Waals surface area contributed by atoms with Crippen LogP contribution in [0.5, 0.6) is 0 Å². The van der Waals surface area contributed by atoms with Gasteiger partial charge in [-0.3, -0.25) is 0 Å². The van der Waals surface area contributed by atoms with Crippen LogP contribution in [0.25, 0.3) is 0 Å². The van der Waals surface area contributed by atoms with Crippen LogP contribution in [0.1, 0.15) is 26.7 Å². The molecule has 0 aromatic carbocycles. The van der Waals surface area contributed by atoms with Crippen molar-refractivity contribution in [2.45, 2.75) is 32.8 Å². The molecule has 1 atom stereocenters. The van der Waals surface area contributed by atoms with Gasteiger partial charge >= 0.3 is 0 Å². The van der Waals surface area contributed by atoms with E-state index in [-0.39, 0.29) is 6.10 Å². The van der Waals surface area contributed by atoms with Gasteiger partial charge in [-0.2, -0.15) is 0 Å². The molecule has 2 nitrogen and oxygen atoms in total. The predicted octanol–water partition coefficient (Wildman–Crippen LogP) is 1.66. The molecule has 0 saturated heterocycles. The normalized spacial score (nSPS) is 13.7. The van der Waals surface area contributed by atoms with E-state index in [1.54, 1.807) is 0 Å². The molecule has 0 rings (SSSR count). The van der Waals surface area contributed by atoms with Crippen molar-refractivity contribution in [3.63, 3.8) is 0 Å². The molecule has 0 bridgehead atoms. The number of nitrogens with zero attached hydrogens (tertiary/aromatic N) is 1. The average molecular weight is 195 g/mol. The second-order valence-electron chi connectivity index (χ2n) is 3.59. The Morgan fingerprint density at radius 2 is 2.14 bits per heavy atom. The van der Waals surface area contributed by atoms with Crippen LogP contribution in [0.2, 0.25) is 0 Å². The molecule has 0 saturated carbocycles. The standard InChI is InChI=1S/C12H21NO/c1-5-11(6-2)8-7-9-12(14)10-13(3)4/h5,12,14H,6,9-10H2,1-4H3/b11-5+. The highest BCUT2D eigenvalue weighted by Gasteiger charge is 2.02. The summed E-state index contributed by atoms with van der Waals surface area (Å²) >= 11 is 0. The van der Waals surface area contributed by atoms with Gasteiger partial charge in [0, 0.05) is 13.0 Å². The van der Waals surface area contributed by atoms with Gasteiger partial charge in [-0.25, -0.2) is 0 Å². The van der Waals surface area contributed by atoms with Crippen LogP contribution < -0.4 is 0 Å². The summed E-state index contributed by atoms with van der Waals surface area (Å²) in [7, 11) is 3.89. The van der Waals surface area contributed by atoms with E-state index in [2.05, 4.69) is 18.8 Å². The molecule has 2 heteroatoms. The van der Waals surface area contributed by atoms with E-state index >= 15 is 0 Å². The van der Waals surface area contributed by atoms with Gasteiger partial charge in [0.25, 0.3) is 0 Å². The zero-order chi connectivity index (χ0) is 11.0. The first-order valence-corrected chi connectivity index (χ1v) is 5.07. The molecular weight excluding hydrogens is 174 g/mol. The van der Waals surface area contributed by atoms with E-state index in [1.165, 1.54) is 0 Å². The number of aliphatic hydroxyl groups excluding tert-OH is 1. The van der Waals surface area contributed by atoms with E-state index in [9.17, 15) is 5.11 Å². The summed E-state index contributed by atoms with van der Waals surface area (Å²) < 4.78 is 0. The maximum absolute atomic E-state index is 9.51. The summed E-state index contributed by atoms with van der Waals surface area (Å²) in [6.07, 6.45) is 3.20. The number of hydrogen-bond donors (Lipinski definition) is 1. The largest absolute Gasteiger partial charge is 0.391 e. The number of rotatable bonds is 4. The lowest BCUT2D eigenvalue weighted by Crippen LogP contribution is -2.25. The van der Waals surface area contributed by atoms with E-state index in [4.69, 9.17) is 0 Å². The summed E-state index contributed by atoms with van der Waals surface area (Å²) in [5, 5.41) is 9.51. The fourth-order valence-electron chi connectivity index (χ4n) is 1.13. The first-order valence-electron chi connectivity index (χ1n) is 5.07. The molecule has 1 unspecified atom stereocenters. The molecule has 0 aliphatic rings. The van der Waals surface area contributed by atoms with Gasteiger partial charge in [-0.1, -0.05) is 24.8 Å². The van der Waals surface area contributed by atoms with Crippen LogP contribution in [0.15, 0.2) is 11.6 Å². The highest BCUT2D eigenvalue weighted by Crippen LogP contribution is 1.98. The highest BCUT2D eigenvalue weighted by molar-refractivity contribution is 5.27. The average Bonchev–Trinajstić information content (AvgIpc) is 2.11. The van der Waals surface area contributed by atoms with E-state index in [0.29, 0.717) is 13.0 Å². The van der Waals surface area contributed by atoms with Crippen molar-refractivity contribution < 1.29 is 5.11 Å². The summed E-state index contributed by atoms with van der Waals surface area (Å²) in [5.74, 6) is 6.05. The minimum absolute atomic E-state index is 0.340. The third-order valence-corrected chi connectivity index (χ3v) is 1.89. The molecule has 1 N–H and O–H groups in total. The zero-order valence-corrected chi connectivity index (χ0v) is 9.67. The summed E-state index contributed by atoms with van der Waals surface area (Å²) in [6.45, 7) is 4.75. The number of hydrogen-bond acceptors (Lipinski definition) is 2. The van der Waals surface area contributed by atoms with Crippen LogP contribution in [-0.4, -0.2) is 36.8 Å². The van der Waals surface area contributed by atoms with Gasteiger partial charge in [0.15, 0.2) is 0 Å². The highest BCUT2D eigenvalue weighted by atomic mass is 16.3. The molecule has 0 heterocycles. The Labute approximate surface area is 87.6 Å². The van der Waals surface area contributed by atoms with Crippen molar-refractivity contribution >= 4 is 0 Å². The van der Waals surface area contributed by atoms with Gasteiger partial charge in [0.05, 0.1) is 6.10 Å². The van der Waals surface area contributed by atoms with Crippen LogP contribution in [0.3, 0.4) is 0 Å². The first-order chi connectivity index (χ1) is 6.60. The third-order valence-electron chi connectivity index (χ3n) is 1.89. The molecule has 0 spiro atoms. The fourth-order valence-corrected chi connectivity index (χ4v) is 1.13. The molecule has 0 amide bonds. The molecule has 0 aliphatic carbocycles. The van der Waals surface area contributed by atoms with Crippen molar-refractivity contribution in [3.05, 3.63) is 11.6 Å². The van der Waals surface area contributed by atoms with Crippen LogP contribution in [0.4, 0.5) is 0 Å². The molecular formula is C12H21NO. The molecule has 0 aliphatic heterocycles. The number of aliphatic hydroxyl groups is 1. The topological polar surface area (TPSA) is 23.5 Å². The van der Waals surface area contributed by atoms with Gasteiger partial charge in [0.1, 0.15) is 0 Å². The van der Waals surface area contributed by atoms with E-state index in [1.807, 2.05) is 32.0 Å². The lowest BCUT2D eigenvalue weighted by Gasteiger charge is -2.12. The van der Waals surface area contributed by atoms with Gasteiger partial charge in [0.2, 0.25) is 0 Å². The fraction of sp³-hybridized carbons (Fsp3) is 0.667. The van der Waals surface area contributed by atoms with Crippen molar-refractivity contribution in [1.82, 2.24) is 4.90 Å². The lowest BCUT2D eigenvalue weighted by molar-refractivity contribution is 0.141. The Morgan fingerprint density at radius 1 is 1.50 bits per heavy atom. The Hall–Kier alpha value is -0.780. The Morgan fingerprint density at radius 3 is 2.57 bits per heavy atom. The number of likely N-dealkylation sites (N-methyl/N-ethyl adjacent to an activating group) is 1. The van der Waals surface area contributed by atoms with Gasteiger partial charge in [-0.05, 0) is 33.0 Å². The van der Waals surface area contributed by atoms with E-state index in [0.717, 1.165) is 12.0 Å². The molecule has 0 aromatic rings. The van der Waals surface area contributed by atoms with Crippen LogP contribution in [-0.2, 0) is 0 Å². The second-order valence-corrected chi connectivity index (χ2v) is 3.59. The first kappa shape index (κ1) is 13.2. The molecule has 0 aromatic heterocycles. The second kappa shape index (κ2) is 7.61. The van der Waals surface area contributed by atoms with Gasteiger partial charge in [-0.15, -0.1) is 0 Å². The smallest absolute Gasteiger partial charge is 0.0776 e.